The standard InChI is InChI=1S/C24H32ClN3O4S/c1-17(2)14-26-24(30)19(4)27(15-20-10-8-9-18(3)13-20)23(29)16-28(33(5,31)32)22-12-7-6-11-21(22)25/h6-13,17,19H,14-16H2,1-5H3,(H,26,30). The predicted molar refractivity (Wildman–Crippen MR) is 133 cm³/mol. The van der Waals surface area contributed by atoms with Gasteiger partial charge in [0.25, 0.3) is 0 Å². The molecule has 1 atom stereocenters. The number of carbonyl (C=O) groups excluding carboxylic acids is 2. The third kappa shape index (κ3) is 7.75. The lowest BCUT2D eigenvalue weighted by atomic mass is 10.1. The normalized spacial score (nSPS) is 12.3. The van der Waals surface area contributed by atoms with Crippen molar-refractivity contribution in [2.45, 2.75) is 40.3 Å². The third-order valence-electron chi connectivity index (χ3n) is 5.09. The van der Waals surface area contributed by atoms with Gasteiger partial charge in [0.05, 0.1) is 17.0 Å². The van der Waals surface area contributed by atoms with Crippen LogP contribution in [0.2, 0.25) is 5.02 Å². The minimum atomic E-state index is -3.82. The van der Waals surface area contributed by atoms with Crippen LogP contribution < -0.4 is 9.62 Å². The number of nitrogens with one attached hydrogen (secondary N) is 1. The first kappa shape index (κ1) is 26.7. The molecular formula is C24H32ClN3O4S. The average Bonchev–Trinajstić information content (AvgIpc) is 2.73. The summed E-state index contributed by atoms with van der Waals surface area (Å²) in [4.78, 5) is 27.7. The summed E-state index contributed by atoms with van der Waals surface area (Å²) >= 11 is 6.22. The second kappa shape index (κ2) is 11.5. The van der Waals surface area contributed by atoms with Crippen LogP contribution in [0.1, 0.15) is 31.9 Å². The molecule has 1 unspecified atom stereocenters. The molecule has 33 heavy (non-hydrogen) atoms. The summed E-state index contributed by atoms with van der Waals surface area (Å²) in [6.07, 6.45) is 1.02. The summed E-state index contributed by atoms with van der Waals surface area (Å²) in [6, 6.07) is 13.3. The maximum Gasteiger partial charge on any atom is 0.244 e. The number of aryl methyl sites for hydroxylation is 1. The third-order valence-corrected chi connectivity index (χ3v) is 6.53. The van der Waals surface area contributed by atoms with Crippen molar-refractivity contribution >= 4 is 39.1 Å². The van der Waals surface area contributed by atoms with Crippen molar-refractivity contribution in [3.8, 4) is 0 Å². The highest BCUT2D eigenvalue weighted by atomic mass is 35.5. The van der Waals surface area contributed by atoms with E-state index in [4.69, 9.17) is 11.6 Å². The first-order chi connectivity index (χ1) is 15.4. The summed E-state index contributed by atoms with van der Waals surface area (Å²) in [5.41, 5.74) is 2.07. The van der Waals surface area contributed by atoms with E-state index in [-0.39, 0.29) is 29.1 Å². The molecule has 0 aliphatic carbocycles. The molecular weight excluding hydrogens is 462 g/mol. The van der Waals surface area contributed by atoms with Gasteiger partial charge in [-0.1, -0.05) is 67.4 Å². The van der Waals surface area contributed by atoms with E-state index in [0.29, 0.717) is 6.54 Å². The molecule has 9 heteroatoms. The van der Waals surface area contributed by atoms with Crippen LogP contribution >= 0.6 is 11.6 Å². The molecule has 2 aromatic rings. The number of hydrogen-bond donors (Lipinski definition) is 1. The average molecular weight is 494 g/mol. The second-order valence-electron chi connectivity index (χ2n) is 8.55. The molecule has 180 valence electrons. The van der Waals surface area contributed by atoms with Gasteiger partial charge in [-0.05, 0) is 37.5 Å². The first-order valence-corrected chi connectivity index (χ1v) is 13.0. The van der Waals surface area contributed by atoms with Gasteiger partial charge in [-0.15, -0.1) is 0 Å². The number of sulfonamides is 1. The number of anilines is 1. The van der Waals surface area contributed by atoms with Gasteiger partial charge >= 0.3 is 0 Å². The number of nitrogens with zero attached hydrogens (tertiary/aromatic N) is 2. The SMILES string of the molecule is Cc1cccc(CN(C(=O)CN(c2ccccc2Cl)S(C)(=O)=O)C(C)C(=O)NCC(C)C)c1. The van der Waals surface area contributed by atoms with E-state index in [0.717, 1.165) is 21.7 Å². The lowest BCUT2D eigenvalue weighted by Crippen LogP contribution is -2.51. The molecule has 0 heterocycles. The number of halogens is 1. The molecule has 0 fully saturated rings. The number of para-hydroxylation sites is 1. The first-order valence-electron chi connectivity index (χ1n) is 10.7. The molecule has 0 saturated carbocycles. The molecule has 2 amide bonds. The molecule has 0 saturated heterocycles. The molecule has 7 nitrogen and oxygen atoms in total. The number of benzene rings is 2. The lowest BCUT2D eigenvalue weighted by molar-refractivity contribution is -0.139. The van der Waals surface area contributed by atoms with Crippen molar-refractivity contribution in [2.75, 3.05) is 23.7 Å². The zero-order valence-corrected chi connectivity index (χ0v) is 21.3. The van der Waals surface area contributed by atoms with Crippen molar-refractivity contribution in [3.05, 3.63) is 64.7 Å². The molecule has 1 N–H and O–H groups in total. The lowest BCUT2D eigenvalue weighted by Gasteiger charge is -2.32. The van der Waals surface area contributed by atoms with Crippen molar-refractivity contribution < 1.29 is 18.0 Å². The van der Waals surface area contributed by atoms with Crippen LogP contribution in [0.25, 0.3) is 0 Å². The van der Waals surface area contributed by atoms with Crippen molar-refractivity contribution in [1.82, 2.24) is 10.2 Å². The highest BCUT2D eigenvalue weighted by molar-refractivity contribution is 7.92. The Bertz CT molecular complexity index is 1090. The fraction of sp³-hybridized carbons (Fsp3) is 0.417. The van der Waals surface area contributed by atoms with Gasteiger partial charge in [-0.25, -0.2) is 8.42 Å². The largest absolute Gasteiger partial charge is 0.354 e. The van der Waals surface area contributed by atoms with E-state index in [2.05, 4.69) is 5.32 Å². The van der Waals surface area contributed by atoms with Gasteiger partial charge in [-0.2, -0.15) is 0 Å². The Morgan fingerprint density at radius 3 is 2.30 bits per heavy atom. The molecule has 0 aromatic heterocycles. The smallest absolute Gasteiger partial charge is 0.244 e. The quantitative estimate of drug-likeness (QED) is 0.547. The van der Waals surface area contributed by atoms with E-state index < -0.39 is 28.5 Å². The zero-order valence-electron chi connectivity index (χ0n) is 19.7. The zero-order chi connectivity index (χ0) is 24.8. The highest BCUT2D eigenvalue weighted by Gasteiger charge is 2.30. The van der Waals surface area contributed by atoms with Crippen molar-refractivity contribution in [1.29, 1.82) is 0 Å². The van der Waals surface area contributed by atoms with E-state index in [1.165, 1.54) is 4.90 Å². The van der Waals surface area contributed by atoms with Gasteiger partial charge in [-0.3, -0.25) is 13.9 Å². The van der Waals surface area contributed by atoms with Gasteiger partial charge in [0.2, 0.25) is 21.8 Å². The summed E-state index contributed by atoms with van der Waals surface area (Å²) in [5, 5.41) is 3.06. The Hall–Kier alpha value is -2.58. The van der Waals surface area contributed by atoms with Crippen LogP contribution in [-0.4, -0.2) is 50.5 Å². The van der Waals surface area contributed by atoms with Crippen LogP contribution in [0.15, 0.2) is 48.5 Å². The van der Waals surface area contributed by atoms with Gasteiger partial charge in [0.15, 0.2) is 0 Å². The number of rotatable bonds is 10. The molecule has 0 aliphatic heterocycles. The van der Waals surface area contributed by atoms with Crippen LogP contribution in [0.3, 0.4) is 0 Å². The summed E-state index contributed by atoms with van der Waals surface area (Å²) in [7, 11) is -3.82. The Morgan fingerprint density at radius 2 is 1.73 bits per heavy atom. The van der Waals surface area contributed by atoms with Crippen LogP contribution in [0.4, 0.5) is 5.69 Å². The molecule has 2 rings (SSSR count). The molecule has 0 radical (unpaired) electrons. The Morgan fingerprint density at radius 1 is 1.06 bits per heavy atom. The number of hydrogen-bond acceptors (Lipinski definition) is 4. The predicted octanol–water partition coefficient (Wildman–Crippen LogP) is 3.60. The fourth-order valence-corrected chi connectivity index (χ4v) is 4.44. The van der Waals surface area contributed by atoms with Crippen LogP contribution in [-0.2, 0) is 26.2 Å². The number of carbonyl (C=O) groups is 2. The Labute approximate surface area is 201 Å². The minimum Gasteiger partial charge on any atom is -0.354 e. The maximum atomic E-state index is 13.5. The number of amides is 2. The summed E-state index contributed by atoms with van der Waals surface area (Å²) < 4.78 is 26.1. The topological polar surface area (TPSA) is 86.8 Å². The van der Waals surface area contributed by atoms with E-state index in [1.807, 2.05) is 45.0 Å². The second-order valence-corrected chi connectivity index (χ2v) is 10.9. The van der Waals surface area contributed by atoms with Gasteiger partial charge in [0.1, 0.15) is 12.6 Å². The fourth-order valence-electron chi connectivity index (χ4n) is 3.29. The minimum absolute atomic E-state index is 0.164. The molecule has 0 spiro atoms. The maximum absolute atomic E-state index is 13.5. The molecule has 2 aromatic carbocycles. The Balaban J connectivity index is 2.38. The van der Waals surface area contributed by atoms with E-state index >= 15 is 0 Å². The van der Waals surface area contributed by atoms with Crippen molar-refractivity contribution in [3.63, 3.8) is 0 Å². The van der Waals surface area contributed by atoms with E-state index in [9.17, 15) is 18.0 Å². The van der Waals surface area contributed by atoms with Gasteiger partial charge in [0, 0.05) is 13.1 Å². The van der Waals surface area contributed by atoms with Crippen LogP contribution in [0, 0.1) is 12.8 Å². The summed E-state index contributed by atoms with van der Waals surface area (Å²) in [6.45, 7) is 7.71. The molecule has 0 bridgehead atoms. The van der Waals surface area contributed by atoms with Crippen molar-refractivity contribution in [2.24, 2.45) is 5.92 Å². The Kier molecular flexibility index (Phi) is 9.31. The highest BCUT2D eigenvalue weighted by Crippen LogP contribution is 2.27. The summed E-state index contributed by atoms with van der Waals surface area (Å²) in [5.74, 6) is -0.551. The molecule has 0 aliphatic rings. The van der Waals surface area contributed by atoms with E-state index in [1.54, 1.807) is 31.2 Å². The monoisotopic (exact) mass is 493 g/mol. The van der Waals surface area contributed by atoms with Gasteiger partial charge < -0.3 is 10.2 Å². The van der Waals surface area contributed by atoms with Crippen LogP contribution in [0.5, 0.6) is 0 Å².